The van der Waals surface area contributed by atoms with E-state index in [4.69, 9.17) is 0 Å². The van der Waals surface area contributed by atoms with Gasteiger partial charge < -0.3 is 15.5 Å². The number of amides is 2. The minimum atomic E-state index is -0.963. The molecule has 0 bridgehead atoms. The lowest BCUT2D eigenvalue weighted by Crippen LogP contribution is -2.37. The number of rotatable bonds is 5. The van der Waals surface area contributed by atoms with E-state index in [9.17, 15) is 9.00 Å². The van der Waals surface area contributed by atoms with Crippen molar-refractivity contribution in [3.05, 3.63) is 65.7 Å². The summed E-state index contributed by atoms with van der Waals surface area (Å²) in [6, 6.07) is 7.70. The monoisotopic (exact) mass is 412 g/mol. The fourth-order valence-corrected chi connectivity index (χ4v) is 5.35. The Kier molecular flexibility index (Phi) is 6.16. The highest BCUT2D eigenvalue weighted by atomic mass is 32.2. The summed E-state index contributed by atoms with van der Waals surface area (Å²) < 4.78 is 12.9. The van der Waals surface area contributed by atoms with Crippen molar-refractivity contribution in [2.75, 3.05) is 26.2 Å². The number of nitrogens with one attached hydrogen (secondary N) is 2. The van der Waals surface area contributed by atoms with Crippen LogP contribution in [0.15, 0.2) is 65.0 Å². The molecule has 0 spiro atoms. The van der Waals surface area contributed by atoms with E-state index in [0.29, 0.717) is 13.1 Å². The van der Waals surface area contributed by atoms with Gasteiger partial charge in [-0.05, 0) is 67.4 Å². The van der Waals surface area contributed by atoms with Gasteiger partial charge in [-0.2, -0.15) is 0 Å². The third-order valence-electron chi connectivity index (χ3n) is 5.77. The van der Waals surface area contributed by atoms with Gasteiger partial charge in [0, 0.05) is 35.3 Å². The molecule has 2 N–H and O–H groups in total. The lowest BCUT2D eigenvalue weighted by atomic mass is 10.1. The Labute approximate surface area is 174 Å². The lowest BCUT2D eigenvalue weighted by Gasteiger charge is -2.30. The van der Waals surface area contributed by atoms with E-state index in [1.165, 1.54) is 0 Å². The maximum Gasteiger partial charge on any atom is 0.322 e. The average molecular weight is 413 g/mol. The summed E-state index contributed by atoms with van der Waals surface area (Å²) in [6.45, 7) is 6.34. The second-order valence-corrected chi connectivity index (χ2v) is 9.35. The number of piperidine rings is 1. The van der Waals surface area contributed by atoms with E-state index < -0.39 is 10.8 Å². The van der Waals surface area contributed by atoms with Crippen LogP contribution in [0.25, 0.3) is 0 Å². The van der Waals surface area contributed by atoms with Crippen LogP contribution in [0.5, 0.6) is 0 Å². The zero-order chi connectivity index (χ0) is 20.2. The first kappa shape index (κ1) is 19.9. The van der Waals surface area contributed by atoms with Gasteiger partial charge in [-0.25, -0.2) is 4.79 Å². The van der Waals surface area contributed by atoms with Crippen LogP contribution in [0, 0.1) is 0 Å². The number of hydrogen-bond donors (Lipinski definition) is 2. The predicted molar refractivity (Wildman–Crippen MR) is 115 cm³/mol. The Balaban J connectivity index is 1.29. The van der Waals surface area contributed by atoms with Gasteiger partial charge in [0.2, 0.25) is 0 Å². The number of carbonyl (C=O) groups is 1. The van der Waals surface area contributed by atoms with Crippen LogP contribution >= 0.6 is 0 Å². The van der Waals surface area contributed by atoms with Crippen molar-refractivity contribution >= 4 is 16.8 Å². The molecular weight excluding hydrogens is 384 g/mol. The third kappa shape index (κ3) is 4.62. The van der Waals surface area contributed by atoms with Crippen LogP contribution in [0.4, 0.5) is 4.79 Å². The van der Waals surface area contributed by atoms with Crippen LogP contribution in [-0.2, 0) is 17.3 Å². The van der Waals surface area contributed by atoms with Gasteiger partial charge in [-0.1, -0.05) is 19.1 Å². The molecule has 1 aromatic carbocycles. The van der Waals surface area contributed by atoms with E-state index in [-0.39, 0.29) is 11.3 Å². The standard InChI is InChI=1S/C22H28N4O2S/c1-2-25-11-8-21(9-12-25)29(28)20-5-3-17(4-6-20)13-24-22(27)26-15-18-7-10-23-14-19(18)16-26/h3-7,10,14-15,21,23H,2,8-9,11-13,16H2,1H3,(H,24,27). The summed E-state index contributed by atoms with van der Waals surface area (Å²) in [7, 11) is -0.963. The number of urea groups is 1. The number of likely N-dealkylation sites (tertiary alicyclic amines) is 1. The molecule has 3 aliphatic rings. The van der Waals surface area contributed by atoms with Gasteiger partial charge in [0.15, 0.2) is 0 Å². The normalized spacial score (nSPS) is 20.5. The predicted octanol–water partition coefficient (Wildman–Crippen LogP) is 2.69. The van der Waals surface area contributed by atoms with Crippen LogP contribution in [-0.4, -0.2) is 51.5 Å². The van der Waals surface area contributed by atoms with E-state index in [2.05, 4.69) is 22.5 Å². The van der Waals surface area contributed by atoms with Gasteiger partial charge in [0.25, 0.3) is 0 Å². The van der Waals surface area contributed by atoms with Crippen LogP contribution in [0.3, 0.4) is 0 Å². The van der Waals surface area contributed by atoms with E-state index in [0.717, 1.165) is 54.1 Å². The zero-order valence-electron chi connectivity index (χ0n) is 16.8. The zero-order valence-corrected chi connectivity index (χ0v) is 17.6. The van der Waals surface area contributed by atoms with Gasteiger partial charge in [-0.3, -0.25) is 9.11 Å². The van der Waals surface area contributed by atoms with E-state index >= 15 is 0 Å². The molecule has 1 fully saturated rings. The maximum absolute atomic E-state index is 12.9. The highest BCUT2D eigenvalue weighted by Crippen LogP contribution is 2.24. The smallest absolute Gasteiger partial charge is 0.322 e. The Morgan fingerprint density at radius 3 is 2.69 bits per heavy atom. The largest absolute Gasteiger partial charge is 0.367 e. The van der Waals surface area contributed by atoms with Crippen molar-refractivity contribution < 1.29 is 9.00 Å². The first-order chi connectivity index (χ1) is 14.1. The van der Waals surface area contributed by atoms with Crippen molar-refractivity contribution in [1.29, 1.82) is 0 Å². The SMILES string of the molecule is CCN1CCC(S(=O)c2ccc(CNC(=O)N3C=C4C=CNC=C4C3)cc2)CC1. The van der Waals surface area contributed by atoms with Gasteiger partial charge in [0.1, 0.15) is 0 Å². The summed E-state index contributed by atoms with van der Waals surface area (Å²) >= 11 is 0. The molecule has 1 atom stereocenters. The van der Waals surface area contributed by atoms with Crippen molar-refractivity contribution in [2.45, 2.75) is 36.5 Å². The highest BCUT2D eigenvalue weighted by molar-refractivity contribution is 7.85. The van der Waals surface area contributed by atoms with Crippen LogP contribution in [0.1, 0.15) is 25.3 Å². The number of fused-ring (bicyclic) bond motifs is 1. The Morgan fingerprint density at radius 1 is 1.24 bits per heavy atom. The average Bonchev–Trinajstić information content (AvgIpc) is 3.22. The minimum absolute atomic E-state index is 0.114. The molecule has 1 unspecified atom stereocenters. The summed E-state index contributed by atoms with van der Waals surface area (Å²) in [5.41, 5.74) is 3.18. The minimum Gasteiger partial charge on any atom is -0.367 e. The van der Waals surface area contributed by atoms with Crippen molar-refractivity contribution in [1.82, 2.24) is 20.4 Å². The third-order valence-corrected chi connectivity index (χ3v) is 7.58. The van der Waals surface area contributed by atoms with Gasteiger partial charge in [0.05, 0.1) is 17.3 Å². The summed E-state index contributed by atoms with van der Waals surface area (Å²) in [6.07, 6.45) is 9.59. The van der Waals surface area contributed by atoms with Gasteiger partial charge >= 0.3 is 6.03 Å². The summed E-state index contributed by atoms with van der Waals surface area (Å²) in [5, 5.41) is 6.25. The molecule has 7 heteroatoms. The Hall–Kier alpha value is -2.38. The molecule has 3 heterocycles. The fourth-order valence-electron chi connectivity index (χ4n) is 3.92. The molecule has 1 saturated heterocycles. The molecule has 29 heavy (non-hydrogen) atoms. The van der Waals surface area contributed by atoms with Crippen LogP contribution < -0.4 is 10.6 Å². The number of carbonyl (C=O) groups excluding carboxylic acids is 1. The second kappa shape index (κ2) is 8.97. The number of dihydropyridines is 1. The summed E-state index contributed by atoms with van der Waals surface area (Å²) in [4.78, 5) is 17.4. The van der Waals surface area contributed by atoms with E-state index in [1.54, 1.807) is 4.90 Å². The molecule has 0 aromatic heterocycles. The molecule has 6 nitrogen and oxygen atoms in total. The molecule has 4 rings (SSSR count). The number of nitrogens with zero attached hydrogens (tertiary/aromatic N) is 2. The van der Waals surface area contributed by atoms with Gasteiger partial charge in [-0.15, -0.1) is 0 Å². The maximum atomic E-state index is 12.9. The molecule has 154 valence electrons. The molecule has 2 amide bonds. The Morgan fingerprint density at radius 2 is 2.00 bits per heavy atom. The molecular formula is C22H28N4O2S. The molecule has 0 aliphatic carbocycles. The second-order valence-electron chi connectivity index (χ2n) is 7.62. The fraction of sp³-hybridized carbons (Fsp3) is 0.409. The number of hydrogen-bond acceptors (Lipinski definition) is 4. The quantitative estimate of drug-likeness (QED) is 0.781. The van der Waals surface area contributed by atoms with E-state index in [1.807, 2.05) is 48.9 Å². The van der Waals surface area contributed by atoms with Crippen molar-refractivity contribution in [3.63, 3.8) is 0 Å². The van der Waals surface area contributed by atoms with Crippen molar-refractivity contribution in [3.8, 4) is 0 Å². The molecule has 0 saturated carbocycles. The first-order valence-electron chi connectivity index (χ1n) is 10.2. The Bertz CT molecular complexity index is 867. The molecule has 0 radical (unpaired) electrons. The molecule has 1 aromatic rings. The van der Waals surface area contributed by atoms with Crippen molar-refractivity contribution in [2.24, 2.45) is 0 Å². The number of allylic oxidation sites excluding steroid dienone is 1. The topological polar surface area (TPSA) is 64.7 Å². The highest BCUT2D eigenvalue weighted by Gasteiger charge is 2.24. The first-order valence-corrected chi connectivity index (χ1v) is 11.5. The lowest BCUT2D eigenvalue weighted by molar-refractivity contribution is 0.219. The van der Waals surface area contributed by atoms with Crippen LogP contribution in [0.2, 0.25) is 0 Å². The summed E-state index contributed by atoms with van der Waals surface area (Å²) in [5.74, 6) is 0. The number of benzene rings is 1. The molecule has 3 aliphatic heterocycles.